The molecule has 3 aliphatic heterocycles. The molecule has 0 aromatic carbocycles. The fourth-order valence-electron chi connectivity index (χ4n) is 13.4. The zero-order valence-electron chi connectivity index (χ0n) is 64.9. The van der Waals surface area contributed by atoms with Gasteiger partial charge in [0.25, 0.3) is 0 Å². The molecule has 3 aliphatic rings. The van der Waals surface area contributed by atoms with Crippen molar-refractivity contribution in [3.63, 3.8) is 0 Å². The fraction of sp³-hybridized carbons (Fsp3) is 0.779. The molecule has 0 aliphatic carbocycles. The lowest BCUT2D eigenvalue weighted by atomic mass is 9.96. The van der Waals surface area contributed by atoms with Gasteiger partial charge in [0.1, 0.15) is 73.2 Å². The van der Waals surface area contributed by atoms with Crippen molar-refractivity contribution >= 4 is 5.91 Å². The molecule has 17 atom stereocenters. The highest BCUT2D eigenvalue weighted by Gasteiger charge is 2.54. The van der Waals surface area contributed by atoms with Crippen LogP contribution in [0.3, 0.4) is 0 Å². The van der Waals surface area contributed by atoms with Crippen molar-refractivity contribution in [1.82, 2.24) is 5.32 Å². The highest BCUT2D eigenvalue weighted by atomic mass is 16.8. The summed E-state index contributed by atoms with van der Waals surface area (Å²) in [7, 11) is 0. The van der Waals surface area contributed by atoms with E-state index in [1.54, 1.807) is 6.08 Å². The first-order valence-electron chi connectivity index (χ1n) is 41.6. The maximum Gasteiger partial charge on any atom is 0.220 e. The molecule has 0 aromatic heterocycles. The van der Waals surface area contributed by atoms with Crippen LogP contribution in [0.2, 0.25) is 0 Å². The van der Waals surface area contributed by atoms with Crippen molar-refractivity contribution in [2.24, 2.45) is 0 Å². The Kier molecular flexibility index (Phi) is 59.4. The third-order valence-electron chi connectivity index (χ3n) is 20.0. The molecule has 3 fully saturated rings. The van der Waals surface area contributed by atoms with Gasteiger partial charge in [-0.05, 0) is 96.3 Å². The van der Waals surface area contributed by atoms with E-state index in [2.05, 4.69) is 116 Å². The second-order valence-electron chi connectivity index (χ2n) is 29.2. The maximum atomic E-state index is 13.5. The van der Waals surface area contributed by atoms with Crippen molar-refractivity contribution in [1.29, 1.82) is 0 Å². The lowest BCUT2D eigenvalue weighted by Crippen LogP contribution is -2.66. The second kappa shape index (κ2) is 65.2. The number of rotatable bonds is 65. The zero-order valence-corrected chi connectivity index (χ0v) is 64.9. The molecule has 105 heavy (non-hydrogen) atoms. The minimum absolute atomic E-state index is 0.220. The summed E-state index contributed by atoms with van der Waals surface area (Å²) >= 11 is 0. The van der Waals surface area contributed by atoms with E-state index in [0.717, 1.165) is 96.3 Å². The first-order valence-corrected chi connectivity index (χ1v) is 41.6. The van der Waals surface area contributed by atoms with Crippen molar-refractivity contribution in [3.05, 3.63) is 109 Å². The third kappa shape index (κ3) is 44.8. The molecule has 12 N–H and O–H groups in total. The Balaban J connectivity index is 1.39. The Bertz CT molecular complexity index is 2320. The highest BCUT2D eigenvalue weighted by molar-refractivity contribution is 5.76. The van der Waals surface area contributed by atoms with E-state index in [4.69, 9.17) is 28.4 Å². The normalized spacial score (nSPS) is 26.4. The topological polar surface area (TPSA) is 307 Å². The fourth-order valence-corrected chi connectivity index (χ4v) is 13.4. The Labute approximate surface area is 634 Å². The maximum absolute atomic E-state index is 13.5. The van der Waals surface area contributed by atoms with E-state index in [1.807, 2.05) is 6.08 Å². The number of amides is 1. The quantitative estimate of drug-likeness (QED) is 0.0199. The van der Waals surface area contributed by atoms with Crippen LogP contribution in [0.25, 0.3) is 0 Å². The molecule has 19 heteroatoms. The van der Waals surface area contributed by atoms with Crippen molar-refractivity contribution in [2.45, 2.75) is 401 Å². The van der Waals surface area contributed by atoms with Crippen LogP contribution in [-0.4, -0.2) is 193 Å². The summed E-state index contributed by atoms with van der Waals surface area (Å²) in [5.74, 6) is -0.296. The third-order valence-corrected chi connectivity index (χ3v) is 20.0. The van der Waals surface area contributed by atoms with Crippen LogP contribution in [0.4, 0.5) is 0 Å². The second-order valence-corrected chi connectivity index (χ2v) is 29.2. The number of aliphatic hydroxyl groups excluding tert-OH is 11. The van der Waals surface area contributed by atoms with Crippen LogP contribution >= 0.6 is 0 Å². The molecule has 3 heterocycles. The molecule has 1 amide bonds. The van der Waals surface area contributed by atoms with Gasteiger partial charge in [-0.25, -0.2) is 0 Å². The van der Waals surface area contributed by atoms with Crippen molar-refractivity contribution in [2.75, 3.05) is 26.4 Å². The predicted octanol–water partition coefficient (Wildman–Crippen LogP) is 14.5. The number of carbonyl (C=O) groups is 1. The Morgan fingerprint density at radius 3 is 1.07 bits per heavy atom. The summed E-state index contributed by atoms with van der Waals surface area (Å²) in [6.07, 6.45) is 63.6. The number of aliphatic hydroxyl groups is 11. The van der Waals surface area contributed by atoms with Crippen molar-refractivity contribution < 1.29 is 89.4 Å². The van der Waals surface area contributed by atoms with Gasteiger partial charge in [0.05, 0.1) is 38.6 Å². The van der Waals surface area contributed by atoms with Gasteiger partial charge < -0.3 is 89.9 Å². The average molecular weight is 1490 g/mol. The molecule has 0 saturated carbocycles. The number of nitrogens with one attached hydrogen (secondary N) is 1. The lowest BCUT2D eigenvalue weighted by molar-refractivity contribution is -0.379. The van der Waals surface area contributed by atoms with Gasteiger partial charge in [-0.15, -0.1) is 0 Å². The number of hydrogen-bond acceptors (Lipinski definition) is 18. The number of hydrogen-bond donors (Lipinski definition) is 12. The molecule has 3 saturated heterocycles. The summed E-state index contributed by atoms with van der Waals surface area (Å²) in [6, 6.07) is -1.01. The number of carbonyl (C=O) groups excluding carboxylic acids is 1. The van der Waals surface area contributed by atoms with Crippen LogP contribution in [-0.2, 0) is 33.2 Å². The van der Waals surface area contributed by atoms with Gasteiger partial charge in [0.15, 0.2) is 18.9 Å². The minimum atomic E-state index is -1.99. The SMILES string of the molecule is CC/C=C\C/C=C\C/C=C\C/C=C\C/C=C\C/C=C\CCCCCCCCCCCCC(=O)NC(COC1OC(CO)C(OC2OC(CO)C(OC3OC(CO)C(O)C(O)C3O)C(O)C2O)C(O)C1O)C(O)/C=C/CC/C=C/CC/C=C/CCCCCCCCCCCCCCCCCCCCCCC. The zero-order chi connectivity index (χ0) is 76.0. The molecule has 0 bridgehead atoms. The smallest absolute Gasteiger partial charge is 0.220 e. The van der Waals surface area contributed by atoms with Crippen LogP contribution in [0.15, 0.2) is 109 Å². The van der Waals surface area contributed by atoms with E-state index >= 15 is 0 Å². The van der Waals surface area contributed by atoms with Gasteiger partial charge in [-0.2, -0.15) is 0 Å². The van der Waals surface area contributed by atoms with Gasteiger partial charge in [0.2, 0.25) is 5.91 Å². The Morgan fingerprint density at radius 2 is 0.667 bits per heavy atom. The van der Waals surface area contributed by atoms with E-state index < -0.39 is 124 Å². The Hall–Kier alpha value is -3.55. The largest absolute Gasteiger partial charge is 0.394 e. The molecule has 3 rings (SSSR count). The highest BCUT2D eigenvalue weighted by Crippen LogP contribution is 2.33. The predicted molar refractivity (Wildman–Crippen MR) is 420 cm³/mol. The first-order chi connectivity index (χ1) is 51.3. The van der Waals surface area contributed by atoms with Crippen LogP contribution in [0, 0.1) is 0 Å². The van der Waals surface area contributed by atoms with Gasteiger partial charge >= 0.3 is 0 Å². The van der Waals surface area contributed by atoms with E-state index in [-0.39, 0.29) is 18.9 Å². The molecule has 17 unspecified atom stereocenters. The molecular weight excluding hydrogens is 1330 g/mol. The molecule has 0 radical (unpaired) electrons. The first kappa shape index (κ1) is 95.7. The van der Waals surface area contributed by atoms with Crippen LogP contribution in [0.1, 0.15) is 296 Å². The summed E-state index contributed by atoms with van der Waals surface area (Å²) < 4.78 is 34.4. The number of unbranched alkanes of at least 4 members (excludes halogenated alkanes) is 33. The average Bonchev–Trinajstić information content (AvgIpc) is 0.781. The van der Waals surface area contributed by atoms with Crippen LogP contribution in [0.5, 0.6) is 0 Å². The lowest BCUT2D eigenvalue weighted by Gasteiger charge is -2.48. The molecule has 606 valence electrons. The van der Waals surface area contributed by atoms with Gasteiger partial charge in [0, 0.05) is 6.42 Å². The minimum Gasteiger partial charge on any atom is -0.394 e. The van der Waals surface area contributed by atoms with Crippen LogP contribution < -0.4 is 5.32 Å². The van der Waals surface area contributed by atoms with E-state index in [9.17, 15) is 61.0 Å². The summed E-state index contributed by atoms with van der Waals surface area (Å²) in [4.78, 5) is 13.5. The molecule has 0 aromatic rings. The summed E-state index contributed by atoms with van der Waals surface area (Å²) in [5, 5.41) is 121. The van der Waals surface area contributed by atoms with Gasteiger partial charge in [-0.3, -0.25) is 4.79 Å². The summed E-state index contributed by atoms with van der Waals surface area (Å²) in [5.41, 5.74) is 0. The monoisotopic (exact) mass is 1480 g/mol. The van der Waals surface area contributed by atoms with E-state index in [1.165, 1.54) is 167 Å². The summed E-state index contributed by atoms with van der Waals surface area (Å²) in [6.45, 7) is 1.61. The Morgan fingerprint density at radius 1 is 0.352 bits per heavy atom. The standard InChI is InChI=1S/C86H149NO18/c1-3-5-7-9-11-13-15-17-19-21-23-25-27-29-31-33-34-36-37-39-41-43-45-47-49-51-53-55-57-59-61-63-70(91)69(87-74(92)64-62-60-58-56-54-52-50-48-46-44-42-40-38-35-32-30-28-26-24-22-20-18-16-14-12-10-8-6-4-2)68-100-84-80(98)77(95)82(72(66-89)102-84)105-86-81(99)78(96)83(73(67-90)103-86)104-85-79(97)76(94)75(93)71(65-88)101-85/h6,8,12,14,18,20,24,26,30,32,38,40,45,47,53,55,61,63,69-73,75-86,88-91,93-99H,3-5,7,9-11,13,15-17,19,21-23,25,27-29,31,33-37,39,41-44,46,48-52,54,56-60,62,64-68H2,1-2H3,(H,87,92)/b8-6-,14-12-,20-18-,26-24-,32-30-,40-38-,47-45+,55-53+,63-61+. The van der Waals surface area contributed by atoms with Gasteiger partial charge in [-0.1, -0.05) is 303 Å². The molecular formula is C86H149NO18. The number of ether oxygens (including phenoxy) is 6. The van der Waals surface area contributed by atoms with E-state index in [0.29, 0.717) is 12.8 Å². The molecule has 19 nitrogen and oxygen atoms in total. The van der Waals surface area contributed by atoms with Crippen molar-refractivity contribution in [3.8, 4) is 0 Å². The molecule has 0 spiro atoms. The number of allylic oxidation sites excluding steroid dienone is 17.